The van der Waals surface area contributed by atoms with Crippen molar-refractivity contribution in [2.24, 2.45) is 0 Å². The molecule has 0 aliphatic rings. The topological polar surface area (TPSA) is 40.5 Å². The monoisotopic (exact) mass is 263 g/mol. The van der Waals surface area contributed by atoms with Crippen molar-refractivity contribution in [1.29, 1.82) is 0 Å². The van der Waals surface area contributed by atoms with Crippen molar-refractivity contribution in [1.82, 2.24) is 4.90 Å². The third-order valence-corrected chi connectivity index (χ3v) is 3.45. The first-order chi connectivity index (χ1) is 9.17. The minimum atomic E-state index is -0.712. The molecule has 19 heavy (non-hydrogen) atoms. The number of hydrogen-bond acceptors (Lipinski definition) is 2. The molecule has 0 aliphatic carbocycles. The molecule has 0 bridgehead atoms. The quantitative estimate of drug-likeness (QED) is 0.744. The number of hydrogen-bond donors (Lipinski definition) is 1. The van der Waals surface area contributed by atoms with Crippen LogP contribution in [-0.2, 0) is 11.2 Å². The van der Waals surface area contributed by atoms with Gasteiger partial charge in [0.1, 0.15) is 0 Å². The second-order valence-electron chi connectivity index (χ2n) is 4.92. The van der Waals surface area contributed by atoms with Gasteiger partial charge < -0.3 is 5.11 Å². The van der Waals surface area contributed by atoms with E-state index in [-0.39, 0.29) is 12.5 Å². The lowest BCUT2D eigenvalue weighted by Gasteiger charge is -2.29. The Kier molecular flexibility index (Phi) is 7.19. The lowest BCUT2D eigenvalue weighted by Crippen LogP contribution is -2.39. The zero-order valence-electron chi connectivity index (χ0n) is 12.0. The standard InChI is InChI=1S/C16H25NO2/c1-3-5-11-17(4-2)15(13-16(18)19)12-14-9-7-6-8-10-14/h6-10,15H,3-5,11-13H2,1-2H3,(H,18,19). The SMILES string of the molecule is CCCCN(CC)C(CC(=O)O)Cc1ccccc1. The number of rotatable bonds is 9. The van der Waals surface area contributed by atoms with Crippen LogP contribution in [0.25, 0.3) is 0 Å². The number of carbonyl (C=O) groups is 1. The molecule has 0 amide bonds. The highest BCUT2D eigenvalue weighted by atomic mass is 16.4. The van der Waals surface area contributed by atoms with Crippen LogP contribution in [0.15, 0.2) is 30.3 Å². The number of carboxylic acids is 1. The first-order valence-corrected chi connectivity index (χ1v) is 7.17. The van der Waals surface area contributed by atoms with Crippen molar-refractivity contribution in [3.05, 3.63) is 35.9 Å². The predicted molar refractivity (Wildman–Crippen MR) is 78.3 cm³/mol. The molecule has 0 saturated heterocycles. The smallest absolute Gasteiger partial charge is 0.304 e. The molecule has 1 N–H and O–H groups in total. The molecular weight excluding hydrogens is 238 g/mol. The number of aliphatic carboxylic acids is 1. The van der Waals surface area contributed by atoms with Gasteiger partial charge in [-0.2, -0.15) is 0 Å². The lowest BCUT2D eigenvalue weighted by molar-refractivity contribution is -0.138. The van der Waals surface area contributed by atoms with Gasteiger partial charge in [0.2, 0.25) is 0 Å². The average Bonchev–Trinajstić information content (AvgIpc) is 2.40. The van der Waals surface area contributed by atoms with Gasteiger partial charge in [-0.1, -0.05) is 50.6 Å². The van der Waals surface area contributed by atoms with Crippen LogP contribution in [0.4, 0.5) is 0 Å². The molecule has 1 aromatic carbocycles. The van der Waals surface area contributed by atoms with Gasteiger partial charge in [-0.05, 0) is 31.5 Å². The van der Waals surface area contributed by atoms with Crippen LogP contribution < -0.4 is 0 Å². The minimum Gasteiger partial charge on any atom is -0.481 e. The van der Waals surface area contributed by atoms with E-state index >= 15 is 0 Å². The Hall–Kier alpha value is -1.35. The molecule has 3 nitrogen and oxygen atoms in total. The maximum atomic E-state index is 11.1. The fourth-order valence-electron chi connectivity index (χ4n) is 2.38. The molecule has 1 aromatic rings. The van der Waals surface area contributed by atoms with Crippen LogP contribution in [0.3, 0.4) is 0 Å². The summed E-state index contributed by atoms with van der Waals surface area (Å²) in [6, 6.07) is 10.2. The third kappa shape index (κ3) is 5.88. The maximum Gasteiger partial charge on any atom is 0.304 e. The summed E-state index contributed by atoms with van der Waals surface area (Å²) in [5, 5.41) is 9.11. The molecule has 1 rings (SSSR count). The van der Waals surface area contributed by atoms with E-state index in [0.717, 1.165) is 32.4 Å². The van der Waals surface area contributed by atoms with E-state index in [1.54, 1.807) is 0 Å². The van der Waals surface area contributed by atoms with E-state index in [9.17, 15) is 4.79 Å². The molecule has 3 heteroatoms. The van der Waals surface area contributed by atoms with E-state index in [4.69, 9.17) is 5.11 Å². The second-order valence-corrected chi connectivity index (χ2v) is 4.92. The molecule has 1 unspecified atom stereocenters. The second kappa shape index (κ2) is 8.70. The number of benzene rings is 1. The first-order valence-electron chi connectivity index (χ1n) is 7.17. The summed E-state index contributed by atoms with van der Waals surface area (Å²) in [6.45, 7) is 6.16. The molecule has 0 spiro atoms. The largest absolute Gasteiger partial charge is 0.481 e. The molecule has 0 saturated carbocycles. The van der Waals surface area contributed by atoms with Crippen molar-refractivity contribution < 1.29 is 9.90 Å². The summed E-state index contributed by atoms with van der Waals surface area (Å²) < 4.78 is 0. The minimum absolute atomic E-state index is 0.0939. The van der Waals surface area contributed by atoms with Gasteiger partial charge in [0.15, 0.2) is 0 Å². The normalized spacial score (nSPS) is 12.6. The highest BCUT2D eigenvalue weighted by Crippen LogP contribution is 2.13. The van der Waals surface area contributed by atoms with Gasteiger partial charge in [-0.3, -0.25) is 9.69 Å². The van der Waals surface area contributed by atoms with Gasteiger partial charge in [0, 0.05) is 6.04 Å². The Morgan fingerprint density at radius 3 is 2.47 bits per heavy atom. The zero-order chi connectivity index (χ0) is 14.1. The molecule has 0 heterocycles. The van der Waals surface area contributed by atoms with Crippen LogP contribution in [0, 0.1) is 0 Å². The highest BCUT2D eigenvalue weighted by Gasteiger charge is 2.20. The maximum absolute atomic E-state index is 11.1. The van der Waals surface area contributed by atoms with Crippen molar-refractivity contribution in [3.63, 3.8) is 0 Å². The van der Waals surface area contributed by atoms with Crippen LogP contribution in [-0.4, -0.2) is 35.1 Å². The van der Waals surface area contributed by atoms with E-state index in [1.807, 2.05) is 18.2 Å². The van der Waals surface area contributed by atoms with Crippen LogP contribution in [0.1, 0.15) is 38.7 Å². The molecule has 0 radical (unpaired) electrons. The number of nitrogens with zero attached hydrogens (tertiary/aromatic N) is 1. The van der Waals surface area contributed by atoms with Gasteiger partial charge in [0.05, 0.1) is 6.42 Å². The number of carboxylic acid groups (broad SMARTS) is 1. The van der Waals surface area contributed by atoms with E-state index in [2.05, 4.69) is 30.9 Å². The van der Waals surface area contributed by atoms with E-state index in [0.29, 0.717) is 0 Å². The fourth-order valence-corrected chi connectivity index (χ4v) is 2.38. The zero-order valence-corrected chi connectivity index (χ0v) is 12.0. The summed E-state index contributed by atoms with van der Waals surface area (Å²) in [6.07, 6.45) is 3.29. The summed E-state index contributed by atoms with van der Waals surface area (Å²) in [5.41, 5.74) is 1.21. The van der Waals surface area contributed by atoms with Gasteiger partial charge in [0.25, 0.3) is 0 Å². The highest BCUT2D eigenvalue weighted by molar-refractivity contribution is 5.67. The van der Waals surface area contributed by atoms with Gasteiger partial charge >= 0.3 is 5.97 Å². The van der Waals surface area contributed by atoms with Crippen molar-refractivity contribution in [2.75, 3.05) is 13.1 Å². The Bertz CT molecular complexity index is 364. The Morgan fingerprint density at radius 1 is 1.26 bits per heavy atom. The Morgan fingerprint density at radius 2 is 1.95 bits per heavy atom. The van der Waals surface area contributed by atoms with Crippen molar-refractivity contribution in [2.45, 2.75) is 45.6 Å². The molecule has 0 aliphatic heterocycles. The molecule has 0 aromatic heterocycles. The summed E-state index contributed by atoms with van der Waals surface area (Å²) in [7, 11) is 0. The van der Waals surface area contributed by atoms with E-state index < -0.39 is 5.97 Å². The van der Waals surface area contributed by atoms with Crippen molar-refractivity contribution in [3.8, 4) is 0 Å². The molecular formula is C16H25NO2. The van der Waals surface area contributed by atoms with Crippen LogP contribution in [0.5, 0.6) is 0 Å². The third-order valence-electron chi connectivity index (χ3n) is 3.45. The van der Waals surface area contributed by atoms with Crippen LogP contribution >= 0.6 is 0 Å². The average molecular weight is 263 g/mol. The first kappa shape index (κ1) is 15.7. The molecule has 0 fully saturated rings. The molecule has 1 atom stereocenters. The van der Waals surface area contributed by atoms with Crippen molar-refractivity contribution >= 4 is 5.97 Å². The summed E-state index contributed by atoms with van der Waals surface area (Å²) >= 11 is 0. The number of unbranched alkanes of at least 4 members (excludes halogenated alkanes) is 1. The van der Waals surface area contributed by atoms with Crippen LogP contribution in [0.2, 0.25) is 0 Å². The van der Waals surface area contributed by atoms with Gasteiger partial charge in [-0.25, -0.2) is 0 Å². The predicted octanol–water partition coefficient (Wildman–Crippen LogP) is 3.19. The fraction of sp³-hybridized carbons (Fsp3) is 0.562. The summed E-state index contributed by atoms with van der Waals surface area (Å²) in [4.78, 5) is 13.4. The molecule has 106 valence electrons. The Labute approximate surface area is 116 Å². The Balaban J connectivity index is 2.71. The van der Waals surface area contributed by atoms with Gasteiger partial charge in [-0.15, -0.1) is 0 Å². The van der Waals surface area contributed by atoms with E-state index in [1.165, 1.54) is 5.56 Å². The summed E-state index contributed by atoms with van der Waals surface area (Å²) in [5.74, 6) is -0.712. The number of likely N-dealkylation sites (N-methyl/N-ethyl adjacent to an activating group) is 1. The lowest BCUT2D eigenvalue weighted by atomic mass is 10.0.